The van der Waals surface area contributed by atoms with Crippen molar-refractivity contribution >= 4 is 49.5 Å². The van der Waals surface area contributed by atoms with Gasteiger partial charge in [0.25, 0.3) is 5.56 Å². The van der Waals surface area contributed by atoms with Crippen molar-refractivity contribution in [3.63, 3.8) is 0 Å². The quantitative estimate of drug-likeness (QED) is 0.746. The van der Waals surface area contributed by atoms with Gasteiger partial charge < -0.3 is 4.98 Å². The molecule has 3 heterocycles. The molecular weight excluding hydrogens is 322 g/mol. The van der Waals surface area contributed by atoms with Gasteiger partial charge in [-0.2, -0.15) is 0 Å². The van der Waals surface area contributed by atoms with Gasteiger partial charge in [0.1, 0.15) is 4.60 Å². The molecule has 0 bridgehead atoms. The molecule has 7 heteroatoms. The Morgan fingerprint density at radius 3 is 2.82 bits per heavy atom. The van der Waals surface area contributed by atoms with Crippen LogP contribution in [0.15, 0.2) is 20.2 Å². The van der Waals surface area contributed by atoms with Crippen LogP contribution >= 0.6 is 38.6 Å². The second kappa shape index (κ2) is 4.01. The SMILES string of the molecule is Cc1scc2c(=O)[nH]c(-c3nc(Br)cs3)nc12. The van der Waals surface area contributed by atoms with Crippen molar-refractivity contribution < 1.29 is 0 Å². The van der Waals surface area contributed by atoms with Crippen LogP contribution in [0.4, 0.5) is 0 Å². The minimum Gasteiger partial charge on any atom is -0.304 e. The maximum Gasteiger partial charge on any atom is 0.259 e. The fourth-order valence-electron chi connectivity index (χ4n) is 1.53. The number of hydrogen-bond acceptors (Lipinski definition) is 5. The smallest absolute Gasteiger partial charge is 0.259 e. The molecule has 0 spiro atoms. The fourth-order valence-corrected chi connectivity index (χ4v) is 3.50. The summed E-state index contributed by atoms with van der Waals surface area (Å²) in [5, 5.41) is 5.05. The Bertz CT molecular complexity index is 758. The average molecular weight is 328 g/mol. The number of aromatic amines is 1. The number of thiophene rings is 1. The molecule has 0 radical (unpaired) electrons. The highest BCUT2D eigenvalue weighted by Crippen LogP contribution is 2.25. The van der Waals surface area contributed by atoms with Crippen LogP contribution in [-0.4, -0.2) is 15.0 Å². The first kappa shape index (κ1) is 11.1. The van der Waals surface area contributed by atoms with Crippen LogP contribution in [0.5, 0.6) is 0 Å². The zero-order valence-electron chi connectivity index (χ0n) is 8.65. The molecule has 86 valence electrons. The number of rotatable bonds is 1. The van der Waals surface area contributed by atoms with E-state index in [4.69, 9.17) is 0 Å². The summed E-state index contributed by atoms with van der Waals surface area (Å²) in [6.07, 6.45) is 0. The number of fused-ring (bicyclic) bond motifs is 1. The largest absolute Gasteiger partial charge is 0.304 e. The number of thiazole rings is 1. The minimum absolute atomic E-state index is 0.110. The monoisotopic (exact) mass is 327 g/mol. The Morgan fingerprint density at radius 1 is 1.29 bits per heavy atom. The van der Waals surface area contributed by atoms with Crippen LogP contribution in [0, 0.1) is 6.92 Å². The lowest BCUT2D eigenvalue weighted by Crippen LogP contribution is -2.08. The van der Waals surface area contributed by atoms with E-state index in [9.17, 15) is 4.79 Å². The molecule has 0 aliphatic heterocycles. The van der Waals surface area contributed by atoms with E-state index in [-0.39, 0.29) is 5.56 Å². The average Bonchev–Trinajstić information content (AvgIpc) is 2.87. The number of aromatic nitrogens is 3. The van der Waals surface area contributed by atoms with Crippen molar-refractivity contribution in [2.75, 3.05) is 0 Å². The van der Waals surface area contributed by atoms with Gasteiger partial charge in [-0.15, -0.1) is 22.7 Å². The van der Waals surface area contributed by atoms with E-state index in [0.717, 1.165) is 15.0 Å². The topological polar surface area (TPSA) is 58.6 Å². The normalized spacial score (nSPS) is 11.2. The van der Waals surface area contributed by atoms with Gasteiger partial charge in [-0.25, -0.2) is 9.97 Å². The molecule has 0 fully saturated rings. The molecule has 3 rings (SSSR count). The van der Waals surface area contributed by atoms with E-state index in [1.54, 1.807) is 0 Å². The van der Waals surface area contributed by atoms with Gasteiger partial charge in [0.05, 0.1) is 10.9 Å². The summed E-state index contributed by atoms with van der Waals surface area (Å²) in [7, 11) is 0. The number of halogens is 1. The number of H-pyrrole nitrogens is 1. The number of nitrogens with one attached hydrogen (secondary N) is 1. The Kier molecular flexibility index (Phi) is 2.61. The summed E-state index contributed by atoms with van der Waals surface area (Å²) >= 11 is 6.26. The van der Waals surface area contributed by atoms with Gasteiger partial charge in [0, 0.05) is 15.6 Å². The first-order chi connectivity index (χ1) is 8.15. The molecule has 1 N–H and O–H groups in total. The van der Waals surface area contributed by atoms with Crippen molar-refractivity contribution in [2.45, 2.75) is 6.92 Å². The second-order valence-corrected chi connectivity index (χ2v) is 6.20. The molecule has 0 aromatic carbocycles. The summed E-state index contributed by atoms with van der Waals surface area (Å²) in [6.45, 7) is 1.96. The van der Waals surface area contributed by atoms with E-state index >= 15 is 0 Å². The summed E-state index contributed by atoms with van der Waals surface area (Å²) in [5.41, 5.74) is 0.653. The van der Waals surface area contributed by atoms with Gasteiger partial charge >= 0.3 is 0 Å². The van der Waals surface area contributed by atoms with Crippen molar-refractivity contribution in [1.29, 1.82) is 0 Å². The van der Waals surface area contributed by atoms with Gasteiger partial charge in [0.15, 0.2) is 10.8 Å². The molecule has 3 aromatic heterocycles. The molecule has 0 saturated carbocycles. The van der Waals surface area contributed by atoms with Crippen molar-refractivity contribution in [3.05, 3.63) is 30.6 Å². The third-order valence-electron chi connectivity index (χ3n) is 2.32. The minimum atomic E-state index is -0.110. The molecule has 0 amide bonds. The first-order valence-electron chi connectivity index (χ1n) is 4.74. The fraction of sp³-hybridized carbons (Fsp3) is 0.100. The highest BCUT2D eigenvalue weighted by atomic mass is 79.9. The Balaban J connectivity index is 2.31. The predicted molar refractivity (Wildman–Crippen MR) is 73.8 cm³/mol. The summed E-state index contributed by atoms with van der Waals surface area (Å²) in [6, 6.07) is 0. The van der Waals surface area contributed by atoms with Crippen molar-refractivity contribution in [2.24, 2.45) is 0 Å². The van der Waals surface area contributed by atoms with E-state index in [1.165, 1.54) is 22.7 Å². The summed E-state index contributed by atoms with van der Waals surface area (Å²) in [4.78, 5) is 24.4. The second-order valence-electron chi connectivity index (χ2n) is 3.44. The van der Waals surface area contributed by atoms with Crippen LogP contribution in [0.3, 0.4) is 0 Å². The lowest BCUT2D eigenvalue weighted by atomic mass is 10.3. The van der Waals surface area contributed by atoms with E-state index < -0.39 is 0 Å². The molecule has 0 saturated heterocycles. The Hall–Kier alpha value is -1.05. The highest BCUT2D eigenvalue weighted by Gasteiger charge is 2.11. The molecular formula is C10H6BrN3OS2. The van der Waals surface area contributed by atoms with Crippen LogP contribution < -0.4 is 5.56 Å². The van der Waals surface area contributed by atoms with Crippen molar-refractivity contribution in [3.8, 4) is 10.8 Å². The predicted octanol–water partition coefficient (Wildman–Crippen LogP) is 3.18. The molecule has 4 nitrogen and oxygen atoms in total. The molecule has 0 unspecified atom stereocenters. The third-order valence-corrected chi connectivity index (χ3v) is 4.78. The van der Waals surface area contributed by atoms with Gasteiger partial charge in [-0.3, -0.25) is 4.79 Å². The van der Waals surface area contributed by atoms with Crippen LogP contribution in [0.2, 0.25) is 0 Å². The Labute approximate surface area is 113 Å². The first-order valence-corrected chi connectivity index (χ1v) is 7.30. The standard InChI is InChI=1S/C10H6BrN3OS2/c1-4-7-5(2-16-4)9(15)14-8(13-7)10-12-6(11)3-17-10/h2-3H,1H3,(H,13,14,15). The molecule has 3 aromatic rings. The lowest BCUT2D eigenvalue weighted by molar-refractivity contribution is 1.16. The Morgan fingerprint density at radius 2 is 2.12 bits per heavy atom. The van der Waals surface area contributed by atoms with Crippen molar-refractivity contribution in [1.82, 2.24) is 15.0 Å². The maximum atomic E-state index is 11.9. The number of hydrogen-bond donors (Lipinski definition) is 1. The zero-order valence-corrected chi connectivity index (χ0v) is 11.9. The number of nitrogens with zero attached hydrogens (tertiary/aromatic N) is 2. The highest BCUT2D eigenvalue weighted by molar-refractivity contribution is 9.10. The number of aryl methyl sites for hydroxylation is 1. The maximum absolute atomic E-state index is 11.9. The zero-order chi connectivity index (χ0) is 12.0. The van der Waals surface area contributed by atoms with Crippen LogP contribution in [0.25, 0.3) is 21.7 Å². The lowest BCUT2D eigenvalue weighted by Gasteiger charge is -1.96. The molecule has 0 atom stereocenters. The molecule has 17 heavy (non-hydrogen) atoms. The van der Waals surface area contributed by atoms with Crippen LogP contribution in [0.1, 0.15) is 4.88 Å². The summed E-state index contributed by atoms with van der Waals surface area (Å²) in [5.74, 6) is 0.528. The van der Waals surface area contributed by atoms with Crippen LogP contribution in [-0.2, 0) is 0 Å². The molecule has 0 aliphatic rings. The van der Waals surface area contributed by atoms with Gasteiger partial charge in [-0.1, -0.05) is 0 Å². The van der Waals surface area contributed by atoms with E-state index in [2.05, 4.69) is 30.9 Å². The van der Waals surface area contributed by atoms with Gasteiger partial charge in [0.2, 0.25) is 0 Å². The summed E-state index contributed by atoms with van der Waals surface area (Å²) < 4.78 is 0.752. The van der Waals surface area contributed by atoms with E-state index in [1.807, 2.05) is 17.7 Å². The van der Waals surface area contributed by atoms with E-state index in [0.29, 0.717) is 16.2 Å². The molecule has 0 aliphatic carbocycles. The third kappa shape index (κ3) is 1.84. The van der Waals surface area contributed by atoms with Gasteiger partial charge in [-0.05, 0) is 22.9 Å².